The molecule has 1 aliphatic rings. The van der Waals surface area contributed by atoms with E-state index >= 15 is 0 Å². The second-order valence-corrected chi connectivity index (χ2v) is 6.57. The second-order valence-electron chi connectivity index (χ2n) is 5.22. The Morgan fingerprint density at radius 2 is 2.14 bits per heavy atom. The maximum Gasteiger partial charge on any atom is 0.419 e. The Kier molecular flexibility index (Phi) is 5.54. The summed E-state index contributed by atoms with van der Waals surface area (Å²) in [5.41, 5.74) is -0.650. The highest BCUT2D eigenvalue weighted by molar-refractivity contribution is 8.00. The van der Waals surface area contributed by atoms with Gasteiger partial charge < -0.3 is 5.32 Å². The number of hydrogen-bond acceptors (Lipinski definition) is 2. The molecule has 0 saturated carbocycles. The van der Waals surface area contributed by atoms with E-state index in [1.165, 1.54) is 6.07 Å². The smallest absolute Gasteiger partial charge is 0.309 e. The summed E-state index contributed by atoms with van der Waals surface area (Å²) in [6, 6.07) is 3.20. The molecule has 2 atom stereocenters. The molecule has 1 aromatic carbocycles. The molecule has 1 nitrogen and oxygen atoms in total. The topological polar surface area (TPSA) is 12.0 Å². The Bertz CT molecular complexity index is 469. The predicted molar refractivity (Wildman–Crippen MR) is 77.9 cm³/mol. The molecule has 1 saturated heterocycles. The molecule has 0 aliphatic carbocycles. The van der Waals surface area contributed by atoms with Crippen molar-refractivity contribution in [2.24, 2.45) is 0 Å². The average molecular weight is 321 g/mol. The van der Waals surface area contributed by atoms with E-state index in [4.69, 9.17) is 0 Å². The Labute approximate surface area is 126 Å². The Morgan fingerprint density at radius 1 is 1.38 bits per heavy atom. The molecule has 1 N–H and O–H groups in total. The van der Waals surface area contributed by atoms with Crippen molar-refractivity contribution in [3.8, 4) is 0 Å². The van der Waals surface area contributed by atoms with Gasteiger partial charge in [-0.25, -0.2) is 4.39 Å². The zero-order chi connectivity index (χ0) is 15.5. The first kappa shape index (κ1) is 16.6. The molecule has 2 unspecified atom stereocenters. The van der Waals surface area contributed by atoms with Gasteiger partial charge in [-0.05, 0) is 49.3 Å². The van der Waals surface area contributed by atoms with Gasteiger partial charge in [0.2, 0.25) is 0 Å². The maximum atomic E-state index is 13.4. The molecule has 21 heavy (non-hydrogen) atoms. The molecule has 1 aliphatic heterocycles. The highest BCUT2D eigenvalue weighted by Crippen LogP contribution is 2.38. The molecule has 118 valence electrons. The fraction of sp³-hybridized carbons (Fsp3) is 0.600. The summed E-state index contributed by atoms with van der Waals surface area (Å²) >= 11 is 1.78. The van der Waals surface area contributed by atoms with E-state index in [0.29, 0.717) is 5.56 Å². The van der Waals surface area contributed by atoms with Crippen LogP contribution in [-0.2, 0) is 6.18 Å². The van der Waals surface area contributed by atoms with Crippen LogP contribution in [0.1, 0.15) is 43.4 Å². The van der Waals surface area contributed by atoms with Gasteiger partial charge in [-0.15, -0.1) is 0 Å². The Hall–Kier alpha value is -0.750. The number of rotatable bonds is 5. The van der Waals surface area contributed by atoms with Crippen molar-refractivity contribution in [2.45, 2.75) is 43.7 Å². The van der Waals surface area contributed by atoms with Gasteiger partial charge in [-0.2, -0.15) is 24.9 Å². The molecular weight excluding hydrogens is 302 g/mol. The minimum Gasteiger partial charge on any atom is -0.309 e. The van der Waals surface area contributed by atoms with Crippen LogP contribution in [0.5, 0.6) is 0 Å². The number of nitrogens with one attached hydrogen (secondary N) is 1. The van der Waals surface area contributed by atoms with Crippen LogP contribution in [0.3, 0.4) is 0 Å². The summed E-state index contributed by atoms with van der Waals surface area (Å²) in [6.45, 7) is 2.75. The van der Waals surface area contributed by atoms with E-state index in [-0.39, 0.29) is 11.3 Å². The molecule has 0 bridgehead atoms. The SMILES string of the molecule is CCCNC(c1ccc(F)c(C(F)(F)F)c1)C1CCCS1. The summed E-state index contributed by atoms with van der Waals surface area (Å²) in [4.78, 5) is 0. The van der Waals surface area contributed by atoms with E-state index in [9.17, 15) is 17.6 Å². The molecule has 1 fully saturated rings. The van der Waals surface area contributed by atoms with Crippen molar-refractivity contribution >= 4 is 11.8 Å². The van der Waals surface area contributed by atoms with Gasteiger partial charge in [-0.3, -0.25) is 0 Å². The normalized spacial score (nSPS) is 20.7. The van der Waals surface area contributed by atoms with Crippen molar-refractivity contribution in [1.82, 2.24) is 5.32 Å². The second kappa shape index (κ2) is 7.01. The lowest BCUT2D eigenvalue weighted by Crippen LogP contribution is -2.30. The lowest BCUT2D eigenvalue weighted by molar-refractivity contribution is -0.140. The van der Waals surface area contributed by atoms with Crippen LogP contribution in [0, 0.1) is 5.82 Å². The van der Waals surface area contributed by atoms with Gasteiger partial charge in [0.05, 0.1) is 5.56 Å². The molecule has 6 heteroatoms. The predicted octanol–water partition coefficient (Wildman–Crippen LogP) is 4.78. The lowest BCUT2D eigenvalue weighted by atomic mass is 9.98. The number of alkyl halides is 3. The van der Waals surface area contributed by atoms with Crippen LogP contribution in [0.2, 0.25) is 0 Å². The fourth-order valence-electron chi connectivity index (χ4n) is 2.58. The van der Waals surface area contributed by atoms with Crippen LogP contribution >= 0.6 is 11.8 Å². The van der Waals surface area contributed by atoms with Crippen LogP contribution < -0.4 is 5.32 Å². The summed E-state index contributed by atoms with van der Waals surface area (Å²) in [7, 11) is 0. The lowest BCUT2D eigenvalue weighted by Gasteiger charge is -2.25. The quantitative estimate of drug-likeness (QED) is 0.783. The largest absolute Gasteiger partial charge is 0.419 e. The zero-order valence-electron chi connectivity index (χ0n) is 11.8. The van der Waals surface area contributed by atoms with Gasteiger partial charge in [0.25, 0.3) is 0 Å². The summed E-state index contributed by atoms with van der Waals surface area (Å²) in [6.07, 6.45) is -1.70. The van der Waals surface area contributed by atoms with Gasteiger partial charge in [-0.1, -0.05) is 13.0 Å². The van der Waals surface area contributed by atoms with Crippen molar-refractivity contribution in [2.75, 3.05) is 12.3 Å². The first-order valence-corrected chi connectivity index (χ1v) is 8.20. The van der Waals surface area contributed by atoms with Crippen LogP contribution in [-0.4, -0.2) is 17.5 Å². The number of thioether (sulfide) groups is 1. The molecule has 1 heterocycles. The van der Waals surface area contributed by atoms with Crippen LogP contribution in [0.25, 0.3) is 0 Å². The number of hydrogen-bond donors (Lipinski definition) is 1. The number of halogens is 4. The molecule has 2 rings (SSSR count). The Morgan fingerprint density at radius 3 is 2.71 bits per heavy atom. The van der Waals surface area contributed by atoms with E-state index in [2.05, 4.69) is 5.32 Å². The van der Waals surface area contributed by atoms with E-state index in [1.807, 2.05) is 6.92 Å². The monoisotopic (exact) mass is 321 g/mol. The van der Waals surface area contributed by atoms with Crippen LogP contribution in [0.15, 0.2) is 18.2 Å². The molecule has 0 amide bonds. The number of benzene rings is 1. The molecule has 0 radical (unpaired) electrons. The van der Waals surface area contributed by atoms with Gasteiger partial charge in [0, 0.05) is 11.3 Å². The minimum absolute atomic E-state index is 0.154. The standard InChI is InChI=1S/C15H19F4NS/c1-2-7-20-14(13-4-3-8-21-13)10-5-6-12(16)11(9-10)15(17,18)19/h5-6,9,13-14,20H,2-4,7-8H2,1H3. The van der Waals surface area contributed by atoms with E-state index in [1.54, 1.807) is 11.8 Å². The third-order valence-electron chi connectivity index (χ3n) is 3.61. The summed E-state index contributed by atoms with van der Waals surface area (Å²) in [5, 5.41) is 3.57. The summed E-state index contributed by atoms with van der Waals surface area (Å²) in [5.74, 6) is -0.179. The molecule has 0 aromatic heterocycles. The average Bonchev–Trinajstić information content (AvgIpc) is 2.93. The van der Waals surface area contributed by atoms with E-state index < -0.39 is 17.6 Å². The van der Waals surface area contributed by atoms with Gasteiger partial charge in [0.1, 0.15) is 5.82 Å². The molecular formula is C15H19F4NS. The maximum absolute atomic E-state index is 13.4. The molecule has 0 spiro atoms. The van der Waals surface area contributed by atoms with Crippen LogP contribution in [0.4, 0.5) is 17.6 Å². The van der Waals surface area contributed by atoms with Crippen molar-refractivity contribution in [1.29, 1.82) is 0 Å². The van der Waals surface area contributed by atoms with Crippen molar-refractivity contribution < 1.29 is 17.6 Å². The highest BCUT2D eigenvalue weighted by atomic mass is 32.2. The van der Waals surface area contributed by atoms with E-state index in [0.717, 1.165) is 43.7 Å². The third-order valence-corrected chi connectivity index (χ3v) is 5.07. The third kappa shape index (κ3) is 4.13. The van der Waals surface area contributed by atoms with Gasteiger partial charge >= 0.3 is 6.18 Å². The van der Waals surface area contributed by atoms with Crippen molar-refractivity contribution in [3.63, 3.8) is 0 Å². The minimum atomic E-state index is -4.65. The fourth-order valence-corrected chi connectivity index (χ4v) is 4.00. The Balaban J connectivity index is 2.30. The zero-order valence-corrected chi connectivity index (χ0v) is 12.7. The first-order valence-electron chi connectivity index (χ1n) is 7.15. The highest BCUT2D eigenvalue weighted by Gasteiger charge is 2.35. The molecule has 1 aromatic rings. The van der Waals surface area contributed by atoms with Gasteiger partial charge in [0.15, 0.2) is 0 Å². The first-order chi connectivity index (χ1) is 9.93. The van der Waals surface area contributed by atoms with Crippen molar-refractivity contribution in [3.05, 3.63) is 35.1 Å². The summed E-state index contributed by atoms with van der Waals surface area (Å²) < 4.78 is 52.0.